The summed E-state index contributed by atoms with van der Waals surface area (Å²) in [5, 5.41) is 2.73. The van der Waals surface area contributed by atoms with Crippen molar-refractivity contribution in [3.8, 4) is 0 Å². The van der Waals surface area contributed by atoms with Gasteiger partial charge in [-0.2, -0.15) is 0 Å². The molecule has 1 saturated carbocycles. The third-order valence-corrected chi connectivity index (χ3v) is 5.05. The summed E-state index contributed by atoms with van der Waals surface area (Å²) < 4.78 is 0. The first-order valence-electron chi connectivity index (χ1n) is 8.99. The second-order valence-electron chi connectivity index (χ2n) is 6.90. The molecule has 1 heterocycles. The van der Waals surface area contributed by atoms with E-state index >= 15 is 0 Å². The zero-order valence-corrected chi connectivity index (χ0v) is 14.8. The highest BCUT2D eigenvalue weighted by Gasteiger charge is 2.48. The highest BCUT2D eigenvalue weighted by atomic mass is 16.2. The van der Waals surface area contributed by atoms with Crippen LogP contribution < -0.4 is 5.32 Å². The van der Waals surface area contributed by atoms with Crippen molar-refractivity contribution in [2.75, 3.05) is 13.1 Å². The minimum absolute atomic E-state index is 0.0988. The maximum atomic E-state index is 12.4. The normalized spacial score (nSPS) is 19.3. The van der Waals surface area contributed by atoms with Crippen LogP contribution in [0.25, 0.3) is 0 Å². The fraction of sp³-hybridized carbons (Fsp3) is 0.474. The summed E-state index contributed by atoms with van der Waals surface area (Å²) in [4.78, 5) is 50.6. The van der Waals surface area contributed by atoms with Crippen LogP contribution in [0, 0.1) is 0 Å². The molecule has 1 aliphatic carbocycles. The largest absolute Gasteiger partial charge is 0.354 e. The molecule has 1 aromatic rings. The van der Waals surface area contributed by atoms with Crippen LogP contribution in [0.5, 0.6) is 0 Å². The van der Waals surface area contributed by atoms with Crippen LogP contribution in [-0.4, -0.2) is 52.7 Å². The molecule has 7 nitrogen and oxygen atoms in total. The van der Waals surface area contributed by atoms with Crippen molar-refractivity contribution in [1.29, 1.82) is 0 Å². The molecule has 26 heavy (non-hydrogen) atoms. The van der Waals surface area contributed by atoms with Crippen molar-refractivity contribution in [2.45, 2.75) is 44.6 Å². The Morgan fingerprint density at radius 1 is 1.12 bits per heavy atom. The van der Waals surface area contributed by atoms with Gasteiger partial charge in [0.1, 0.15) is 6.54 Å². The van der Waals surface area contributed by atoms with Gasteiger partial charge in [0.2, 0.25) is 5.91 Å². The van der Waals surface area contributed by atoms with E-state index in [0.717, 1.165) is 41.0 Å². The molecule has 0 aromatic heterocycles. The molecule has 0 radical (unpaired) electrons. The lowest BCUT2D eigenvalue weighted by Gasteiger charge is -2.21. The molecule has 1 saturated heterocycles. The third kappa shape index (κ3) is 3.61. The van der Waals surface area contributed by atoms with Crippen molar-refractivity contribution in [3.63, 3.8) is 0 Å². The average Bonchev–Trinajstić information content (AvgIpc) is 3.24. The molecule has 5 amide bonds. The number of imide groups is 2. The number of amides is 5. The van der Waals surface area contributed by atoms with Crippen molar-refractivity contribution in [3.05, 3.63) is 35.9 Å². The van der Waals surface area contributed by atoms with Gasteiger partial charge >= 0.3 is 17.8 Å². The smallest absolute Gasteiger partial charge is 0.334 e. The Bertz CT molecular complexity index is 713. The third-order valence-electron chi connectivity index (χ3n) is 5.05. The summed E-state index contributed by atoms with van der Waals surface area (Å²) in [7, 11) is 0. The van der Waals surface area contributed by atoms with Crippen LogP contribution in [0.4, 0.5) is 4.79 Å². The molecule has 1 atom stereocenters. The number of benzene rings is 1. The van der Waals surface area contributed by atoms with Gasteiger partial charge in [-0.05, 0) is 24.3 Å². The Hall–Kier alpha value is -2.70. The minimum atomic E-state index is -0.909. The van der Waals surface area contributed by atoms with Gasteiger partial charge < -0.3 is 5.32 Å². The lowest BCUT2D eigenvalue weighted by Crippen LogP contribution is -2.43. The number of carbonyl (C=O) groups excluding carboxylic acids is 4. The van der Waals surface area contributed by atoms with Crippen LogP contribution in [0.1, 0.15) is 44.1 Å². The second-order valence-corrected chi connectivity index (χ2v) is 6.90. The van der Waals surface area contributed by atoms with Gasteiger partial charge in [-0.1, -0.05) is 50.1 Å². The van der Waals surface area contributed by atoms with E-state index in [-0.39, 0.29) is 12.0 Å². The molecule has 138 valence electrons. The molecule has 0 unspecified atom stereocenters. The first-order chi connectivity index (χ1) is 12.5. The molecular weight excluding hydrogens is 334 g/mol. The molecule has 3 rings (SSSR count). The van der Waals surface area contributed by atoms with E-state index < -0.39 is 30.3 Å². The van der Waals surface area contributed by atoms with E-state index in [4.69, 9.17) is 0 Å². The fourth-order valence-corrected chi connectivity index (χ4v) is 3.51. The van der Waals surface area contributed by atoms with Crippen molar-refractivity contribution in [2.24, 2.45) is 0 Å². The van der Waals surface area contributed by atoms with Gasteiger partial charge in [0.15, 0.2) is 0 Å². The Balaban J connectivity index is 1.56. The van der Waals surface area contributed by atoms with Crippen LogP contribution in [-0.2, 0) is 14.4 Å². The summed E-state index contributed by atoms with van der Waals surface area (Å²) in [5.74, 6) is -2.07. The standard InChI is InChI=1S/C19H23N3O4/c1-13(14-7-3-2-4-8-14)11-20-16(23)12-21-17(24)18(25)22(19(21)26)15-9-5-6-10-15/h2-4,7-8,13,15H,5-6,9-12H2,1H3,(H,20,23)/t13-/m0/s1. The predicted molar refractivity (Wildman–Crippen MR) is 94.1 cm³/mol. The van der Waals surface area contributed by atoms with Crippen molar-refractivity contribution >= 4 is 23.8 Å². The van der Waals surface area contributed by atoms with E-state index in [1.54, 1.807) is 0 Å². The quantitative estimate of drug-likeness (QED) is 0.619. The van der Waals surface area contributed by atoms with Crippen LogP contribution in [0.15, 0.2) is 30.3 Å². The lowest BCUT2D eigenvalue weighted by molar-refractivity contribution is -0.144. The first kappa shape index (κ1) is 18.1. The molecule has 0 bridgehead atoms. The molecule has 1 N–H and O–H groups in total. The van der Waals surface area contributed by atoms with Gasteiger partial charge in [0, 0.05) is 12.6 Å². The van der Waals surface area contributed by atoms with Crippen LogP contribution in [0.2, 0.25) is 0 Å². The SMILES string of the molecule is C[C@@H](CNC(=O)CN1C(=O)C(=O)N(C2CCCC2)C1=O)c1ccccc1. The number of carbonyl (C=O) groups is 4. The monoisotopic (exact) mass is 357 g/mol. The number of hydrogen-bond acceptors (Lipinski definition) is 4. The van der Waals surface area contributed by atoms with E-state index in [1.807, 2.05) is 37.3 Å². The van der Waals surface area contributed by atoms with Gasteiger partial charge in [0.25, 0.3) is 0 Å². The number of hydrogen-bond donors (Lipinski definition) is 1. The van der Waals surface area contributed by atoms with Crippen molar-refractivity contribution in [1.82, 2.24) is 15.1 Å². The first-order valence-corrected chi connectivity index (χ1v) is 8.99. The maximum absolute atomic E-state index is 12.4. The van der Waals surface area contributed by atoms with E-state index in [1.165, 1.54) is 0 Å². The summed E-state index contributed by atoms with van der Waals surface area (Å²) in [6.45, 7) is 1.95. The molecule has 1 aliphatic heterocycles. The summed E-state index contributed by atoms with van der Waals surface area (Å²) in [6, 6.07) is 8.84. The summed E-state index contributed by atoms with van der Waals surface area (Å²) >= 11 is 0. The maximum Gasteiger partial charge on any atom is 0.334 e. The molecule has 1 aromatic carbocycles. The van der Waals surface area contributed by atoms with Crippen LogP contribution >= 0.6 is 0 Å². The zero-order chi connectivity index (χ0) is 18.7. The van der Waals surface area contributed by atoms with Gasteiger partial charge in [-0.3, -0.25) is 19.3 Å². The van der Waals surface area contributed by atoms with E-state index in [9.17, 15) is 19.2 Å². The highest BCUT2D eigenvalue weighted by Crippen LogP contribution is 2.27. The lowest BCUT2D eigenvalue weighted by atomic mass is 10.0. The summed E-state index contributed by atoms with van der Waals surface area (Å²) in [6.07, 6.45) is 3.32. The minimum Gasteiger partial charge on any atom is -0.354 e. The van der Waals surface area contributed by atoms with E-state index in [2.05, 4.69) is 5.32 Å². The van der Waals surface area contributed by atoms with Gasteiger partial charge in [0.05, 0.1) is 0 Å². The topological polar surface area (TPSA) is 86.8 Å². The van der Waals surface area contributed by atoms with Gasteiger partial charge in [-0.25, -0.2) is 9.69 Å². The molecule has 2 fully saturated rings. The number of urea groups is 1. The second kappa shape index (κ2) is 7.68. The molecule has 0 spiro atoms. The zero-order valence-electron chi connectivity index (χ0n) is 14.8. The van der Waals surface area contributed by atoms with Crippen molar-refractivity contribution < 1.29 is 19.2 Å². The number of nitrogens with one attached hydrogen (secondary N) is 1. The predicted octanol–water partition coefficient (Wildman–Crippen LogP) is 1.64. The summed E-state index contributed by atoms with van der Waals surface area (Å²) in [5.41, 5.74) is 1.09. The van der Waals surface area contributed by atoms with Crippen LogP contribution in [0.3, 0.4) is 0 Å². The molecule has 2 aliphatic rings. The Kier molecular flexibility index (Phi) is 5.35. The molecular formula is C19H23N3O4. The Morgan fingerprint density at radius 3 is 2.42 bits per heavy atom. The fourth-order valence-electron chi connectivity index (χ4n) is 3.51. The van der Waals surface area contributed by atoms with Gasteiger partial charge in [-0.15, -0.1) is 0 Å². The van der Waals surface area contributed by atoms with E-state index in [0.29, 0.717) is 6.54 Å². The average molecular weight is 357 g/mol. The molecule has 7 heteroatoms. The Morgan fingerprint density at radius 2 is 1.77 bits per heavy atom. The number of rotatable bonds is 6. The highest BCUT2D eigenvalue weighted by molar-refractivity contribution is 6.45. The number of nitrogens with zero attached hydrogens (tertiary/aromatic N) is 2. The Labute approximate surface area is 152 Å².